The Bertz CT molecular complexity index is 433. The Kier molecular flexibility index (Phi) is 3.94. The van der Waals surface area contributed by atoms with E-state index in [1.165, 1.54) is 6.26 Å². The van der Waals surface area contributed by atoms with E-state index in [0.717, 1.165) is 6.54 Å². The van der Waals surface area contributed by atoms with Gasteiger partial charge in [-0.2, -0.15) is 0 Å². The number of rotatable bonds is 3. The second-order valence-corrected chi connectivity index (χ2v) is 5.21. The van der Waals surface area contributed by atoms with Crippen molar-refractivity contribution in [3.63, 3.8) is 0 Å². The number of hydrogen-bond donors (Lipinski definition) is 1. The lowest BCUT2D eigenvalue weighted by Crippen LogP contribution is -2.41. The summed E-state index contributed by atoms with van der Waals surface area (Å²) in [4.78, 5) is 16.0. The predicted molar refractivity (Wildman–Crippen MR) is 67.7 cm³/mol. The molecule has 0 saturated carbocycles. The summed E-state index contributed by atoms with van der Waals surface area (Å²) in [6, 6.07) is 1.57. The zero-order valence-corrected chi connectivity index (χ0v) is 11.2. The fraction of sp³-hybridized carbons (Fsp3) is 0.583. The van der Waals surface area contributed by atoms with E-state index in [9.17, 15) is 9.90 Å². The van der Waals surface area contributed by atoms with Crippen LogP contribution in [0.1, 0.15) is 16.8 Å². The van der Waals surface area contributed by atoms with Gasteiger partial charge < -0.3 is 19.3 Å². The van der Waals surface area contributed by atoms with E-state index in [-0.39, 0.29) is 17.2 Å². The highest BCUT2D eigenvalue weighted by Gasteiger charge is 2.35. The maximum absolute atomic E-state index is 12.3. The standard InChI is InChI=1S/C12H17ClN2O3/c1-14(2)6-8-5-9(16)7-15(8)12(17)10-3-4-18-11(10)13/h3-4,8-9,16H,5-7H2,1-2H3. The van der Waals surface area contributed by atoms with E-state index in [1.807, 2.05) is 19.0 Å². The van der Waals surface area contributed by atoms with Crippen molar-refractivity contribution in [1.82, 2.24) is 9.80 Å². The lowest BCUT2D eigenvalue weighted by Gasteiger charge is -2.26. The number of amides is 1. The number of furan rings is 1. The van der Waals surface area contributed by atoms with E-state index in [2.05, 4.69) is 0 Å². The van der Waals surface area contributed by atoms with E-state index in [0.29, 0.717) is 18.5 Å². The molecule has 1 saturated heterocycles. The van der Waals surface area contributed by atoms with E-state index >= 15 is 0 Å². The van der Waals surface area contributed by atoms with Crippen LogP contribution in [0.5, 0.6) is 0 Å². The second kappa shape index (κ2) is 5.30. The summed E-state index contributed by atoms with van der Waals surface area (Å²) in [5.41, 5.74) is 0.356. The van der Waals surface area contributed by atoms with Crippen molar-refractivity contribution in [3.05, 3.63) is 23.1 Å². The number of carbonyl (C=O) groups excluding carboxylic acids is 1. The van der Waals surface area contributed by atoms with Crippen molar-refractivity contribution in [3.8, 4) is 0 Å². The maximum Gasteiger partial charge on any atom is 0.259 e. The molecule has 1 N–H and O–H groups in total. The molecule has 1 aliphatic rings. The number of halogens is 1. The zero-order chi connectivity index (χ0) is 13.3. The van der Waals surface area contributed by atoms with Gasteiger partial charge in [0.25, 0.3) is 5.91 Å². The van der Waals surface area contributed by atoms with Crippen molar-refractivity contribution in [2.75, 3.05) is 27.2 Å². The predicted octanol–water partition coefficient (Wildman–Crippen LogP) is 1.07. The molecule has 1 amide bonds. The number of likely N-dealkylation sites (N-methyl/N-ethyl adjacent to an activating group) is 1. The fourth-order valence-electron chi connectivity index (χ4n) is 2.34. The van der Waals surface area contributed by atoms with Crippen molar-refractivity contribution in [2.24, 2.45) is 0 Å². The van der Waals surface area contributed by atoms with Gasteiger partial charge in [0.1, 0.15) is 0 Å². The molecule has 2 heterocycles. The summed E-state index contributed by atoms with van der Waals surface area (Å²) in [6.45, 7) is 1.07. The van der Waals surface area contributed by atoms with Crippen molar-refractivity contribution >= 4 is 17.5 Å². The molecule has 1 aromatic rings. The third kappa shape index (κ3) is 2.68. The van der Waals surface area contributed by atoms with Crippen LogP contribution in [-0.2, 0) is 0 Å². The first-order chi connectivity index (χ1) is 8.49. The Morgan fingerprint density at radius 3 is 2.94 bits per heavy atom. The minimum Gasteiger partial charge on any atom is -0.452 e. The molecule has 2 unspecified atom stereocenters. The van der Waals surface area contributed by atoms with Gasteiger partial charge in [-0.05, 0) is 38.2 Å². The molecule has 0 aliphatic carbocycles. The lowest BCUT2D eigenvalue weighted by atomic mass is 10.2. The Balaban J connectivity index is 2.15. The molecule has 100 valence electrons. The van der Waals surface area contributed by atoms with Crippen LogP contribution >= 0.6 is 11.6 Å². The molecule has 1 fully saturated rings. The quantitative estimate of drug-likeness (QED) is 0.894. The van der Waals surface area contributed by atoms with Crippen molar-refractivity contribution < 1.29 is 14.3 Å². The summed E-state index contributed by atoms with van der Waals surface area (Å²) in [7, 11) is 3.89. The van der Waals surface area contributed by atoms with Gasteiger partial charge in [0, 0.05) is 19.1 Å². The molecule has 6 heteroatoms. The number of β-amino-alcohol motifs (C(OH)–C–C–N with tert-alkyl or cyclic N) is 1. The van der Waals surface area contributed by atoms with E-state index < -0.39 is 6.10 Å². The first-order valence-corrected chi connectivity index (χ1v) is 6.23. The highest BCUT2D eigenvalue weighted by molar-refractivity contribution is 6.32. The molecule has 1 aromatic heterocycles. The molecule has 0 bridgehead atoms. The van der Waals surface area contributed by atoms with Crippen molar-refractivity contribution in [1.29, 1.82) is 0 Å². The molecule has 5 nitrogen and oxygen atoms in total. The van der Waals surface area contributed by atoms with Crippen LogP contribution in [0.25, 0.3) is 0 Å². The highest BCUT2D eigenvalue weighted by atomic mass is 35.5. The van der Waals surface area contributed by atoms with Gasteiger partial charge >= 0.3 is 0 Å². The van der Waals surface area contributed by atoms with Crippen LogP contribution < -0.4 is 0 Å². The normalized spacial score (nSPS) is 23.9. The third-order valence-corrected chi connectivity index (χ3v) is 3.37. The van der Waals surface area contributed by atoms with Gasteiger partial charge in [0.2, 0.25) is 5.22 Å². The number of carbonyl (C=O) groups is 1. The molecule has 1 aliphatic heterocycles. The Morgan fingerprint density at radius 1 is 1.67 bits per heavy atom. The van der Waals surface area contributed by atoms with Gasteiger partial charge in [0.15, 0.2) is 0 Å². The zero-order valence-electron chi connectivity index (χ0n) is 10.5. The van der Waals surface area contributed by atoms with Crippen LogP contribution in [0.3, 0.4) is 0 Å². The summed E-state index contributed by atoms with van der Waals surface area (Å²) >= 11 is 5.82. The molecule has 18 heavy (non-hydrogen) atoms. The monoisotopic (exact) mass is 272 g/mol. The second-order valence-electron chi connectivity index (χ2n) is 4.87. The van der Waals surface area contributed by atoms with Gasteiger partial charge in [-0.25, -0.2) is 0 Å². The number of hydrogen-bond acceptors (Lipinski definition) is 4. The Labute approximate surface area is 111 Å². The molecule has 0 radical (unpaired) electrons. The molecule has 2 atom stereocenters. The molecular formula is C12H17ClN2O3. The highest BCUT2D eigenvalue weighted by Crippen LogP contribution is 2.25. The third-order valence-electron chi connectivity index (χ3n) is 3.08. The fourth-order valence-corrected chi connectivity index (χ4v) is 2.53. The summed E-state index contributed by atoms with van der Waals surface area (Å²) < 4.78 is 4.93. The van der Waals surface area contributed by atoms with E-state index in [1.54, 1.807) is 11.0 Å². The molecular weight excluding hydrogens is 256 g/mol. The van der Waals surface area contributed by atoms with Gasteiger partial charge in [-0.1, -0.05) is 0 Å². The van der Waals surface area contributed by atoms with Crippen LogP contribution in [0, 0.1) is 0 Å². The topological polar surface area (TPSA) is 56.9 Å². The Hall–Kier alpha value is -1.04. The van der Waals surface area contributed by atoms with Crippen molar-refractivity contribution in [2.45, 2.75) is 18.6 Å². The van der Waals surface area contributed by atoms with Crippen LogP contribution in [0.2, 0.25) is 5.22 Å². The number of likely N-dealkylation sites (tertiary alicyclic amines) is 1. The van der Waals surface area contributed by atoms with Crippen LogP contribution in [0.4, 0.5) is 0 Å². The number of aliphatic hydroxyl groups excluding tert-OH is 1. The maximum atomic E-state index is 12.3. The molecule has 0 spiro atoms. The largest absolute Gasteiger partial charge is 0.452 e. The average Bonchev–Trinajstić information content (AvgIpc) is 2.83. The van der Waals surface area contributed by atoms with Gasteiger partial charge in [-0.3, -0.25) is 4.79 Å². The number of aliphatic hydroxyl groups is 1. The molecule has 0 aromatic carbocycles. The minimum absolute atomic E-state index is 0.00784. The average molecular weight is 273 g/mol. The lowest BCUT2D eigenvalue weighted by molar-refractivity contribution is 0.0698. The smallest absolute Gasteiger partial charge is 0.259 e. The summed E-state index contributed by atoms with van der Waals surface area (Å²) in [5.74, 6) is -0.183. The van der Waals surface area contributed by atoms with Gasteiger partial charge in [-0.15, -0.1) is 0 Å². The molecule has 2 rings (SSSR count). The first-order valence-electron chi connectivity index (χ1n) is 5.85. The van der Waals surface area contributed by atoms with Crippen LogP contribution in [0.15, 0.2) is 16.7 Å². The van der Waals surface area contributed by atoms with Gasteiger partial charge in [0.05, 0.1) is 17.9 Å². The van der Waals surface area contributed by atoms with Crippen LogP contribution in [-0.4, -0.2) is 60.1 Å². The first kappa shape index (κ1) is 13.4. The SMILES string of the molecule is CN(C)CC1CC(O)CN1C(=O)c1ccoc1Cl. The van der Waals surface area contributed by atoms with E-state index in [4.69, 9.17) is 16.0 Å². The Morgan fingerprint density at radius 2 is 2.39 bits per heavy atom. The minimum atomic E-state index is -0.468. The summed E-state index contributed by atoms with van der Waals surface area (Å²) in [5, 5.41) is 9.83. The summed E-state index contributed by atoms with van der Waals surface area (Å²) in [6.07, 6.45) is 1.52. The number of nitrogens with zero attached hydrogens (tertiary/aromatic N) is 2.